The second-order valence-corrected chi connectivity index (χ2v) is 8.82. The number of thiocarbonyl (C=S) groups is 1. The lowest BCUT2D eigenvalue weighted by Gasteiger charge is -2.36. The van der Waals surface area contributed by atoms with Gasteiger partial charge in [-0.1, -0.05) is 35.9 Å². The van der Waals surface area contributed by atoms with Crippen molar-refractivity contribution in [3.05, 3.63) is 83.4 Å². The summed E-state index contributed by atoms with van der Waals surface area (Å²) in [5, 5.41) is 0.915. The van der Waals surface area contributed by atoms with Crippen molar-refractivity contribution in [2.75, 3.05) is 36.0 Å². The van der Waals surface area contributed by atoms with Gasteiger partial charge in [0.05, 0.1) is 17.3 Å². The van der Waals surface area contributed by atoms with Gasteiger partial charge in [-0.05, 0) is 60.8 Å². The molecule has 0 aromatic heterocycles. The minimum Gasteiger partial charge on any atom is -0.368 e. The maximum Gasteiger partial charge on any atom is 0.253 e. The maximum absolute atomic E-state index is 13.0. The molecule has 2 heterocycles. The molecule has 2 aromatic rings. The summed E-state index contributed by atoms with van der Waals surface area (Å²) >= 11 is 11.5. The highest BCUT2D eigenvalue weighted by atomic mass is 35.5. The van der Waals surface area contributed by atoms with E-state index in [1.165, 1.54) is 4.90 Å². The highest BCUT2D eigenvalue weighted by molar-refractivity contribution is 7.80. The molecule has 2 aliphatic heterocycles. The molecule has 1 fully saturated rings. The summed E-state index contributed by atoms with van der Waals surface area (Å²) in [4.78, 5) is 36.0. The van der Waals surface area contributed by atoms with Crippen molar-refractivity contribution < 1.29 is 9.59 Å². The summed E-state index contributed by atoms with van der Waals surface area (Å²) in [6.45, 7) is 2.73. The third kappa shape index (κ3) is 4.21. The van der Waals surface area contributed by atoms with Crippen LogP contribution in [0, 0.1) is 5.92 Å². The average Bonchev–Trinajstić information content (AvgIpc) is 2.84. The van der Waals surface area contributed by atoms with Gasteiger partial charge in [-0.2, -0.15) is 0 Å². The fraction of sp³-hybridized carbons (Fsp3) is 0.200. The summed E-state index contributed by atoms with van der Waals surface area (Å²) in [5.41, 5.74) is 2.91. The van der Waals surface area contributed by atoms with E-state index in [0.29, 0.717) is 35.1 Å². The number of carbonyl (C=O) groups excluding carboxylic acids is 2. The molecule has 33 heavy (non-hydrogen) atoms. The van der Waals surface area contributed by atoms with Crippen LogP contribution in [0.15, 0.2) is 77.8 Å². The molecule has 6 nitrogen and oxygen atoms in total. The predicted molar refractivity (Wildman–Crippen MR) is 135 cm³/mol. The van der Waals surface area contributed by atoms with E-state index in [-0.39, 0.29) is 16.9 Å². The van der Waals surface area contributed by atoms with E-state index in [0.717, 1.165) is 18.8 Å². The summed E-state index contributed by atoms with van der Waals surface area (Å²) < 4.78 is 0. The molecule has 0 saturated carbocycles. The summed E-state index contributed by atoms with van der Waals surface area (Å²) in [7, 11) is 0. The van der Waals surface area contributed by atoms with Crippen LogP contribution in [0.3, 0.4) is 0 Å². The molecule has 2 aromatic carbocycles. The lowest BCUT2D eigenvalue weighted by Crippen LogP contribution is -2.48. The Balaban J connectivity index is 1.26. The van der Waals surface area contributed by atoms with Crippen LogP contribution < -0.4 is 9.80 Å². The van der Waals surface area contributed by atoms with Crippen molar-refractivity contribution in [3.8, 4) is 0 Å². The number of piperazine rings is 1. The zero-order chi connectivity index (χ0) is 22.9. The zero-order valence-electron chi connectivity index (χ0n) is 17.7. The van der Waals surface area contributed by atoms with Crippen LogP contribution in [0.2, 0.25) is 5.02 Å². The van der Waals surface area contributed by atoms with E-state index in [1.54, 1.807) is 30.3 Å². The number of nitrogens with zero attached hydrogens (tertiary/aromatic N) is 4. The molecule has 1 saturated heterocycles. The Morgan fingerprint density at radius 2 is 1.76 bits per heavy atom. The van der Waals surface area contributed by atoms with Crippen LogP contribution in [0.1, 0.15) is 10.4 Å². The molecule has 0 bridgehead atoms. The first-order valence-electron chi connectivity index (χ1n) is 10.7. The van der Waals surface area contributed by atoms with Crippen LogP contribution >= 0.6 is 23.8 Å². The second-order valence-electron chi connectivity index (χ2n) is 8.02. The smallest absolute Gasteiger partial charge is 0.253 e. The molecule has 5 rings (SSSR count). The molecule has 8 heteroatoms. The van der Waals surface area contributed by atoms with Crippen LogP contribution in [-0.4, -0.2) is 53.7 Å². The molecule has 1 aliphatic carbocycles. The van der Waals surface area contributed by atoms with Gasteiger partial charge in [-0.3, -0.25) is 14.5 Å². The fourth-order valence-electron chi connectivity index (χ4n) is 4.25. The largest absolute Gasteiger partial charge is 0.368 e. The number of carbonyl (C=O) groups is 2. The molecule has 1 unspecified atom stereocenters. The number of hydrogen-bond acceptors (Lipinski definition) is 4. The van der Waals surface area contributed by atoms with Gasteiger partial charge in [-0.15, -0.1) is 0 Å². The molecule has 3 aliphatic rings. The van der Waals surface area contributed by atoms with Gasteiger partial charge in [0.15, 0.2) is 0 Å². The quantitative estimate of drug-likeness (QED) is 0.625. The molecule has 0 N–H and O–H groups in total. The van der Waals surface area contributed by atoms with Crippen LogP contribution in [0.5, 0.6) is 0 Å². The van der Waals surface area contributed by atoms with Crippen molar-refractivity contribution in [2.45, 2.75) is 0 Å². The Morgan fingerprint density at radius 3 is 2.48 bits per heavy atom. The van der Waals surface area contributed by atoms with Crippen LogP contribution in [0.4, 0.5) is 11.4 Å². The van der Waals surface area contributed by atoms with Gasteiger partial charge in [-0.25, -0.2) is 4.99 Å². The van der Waals surface area contributed by atoms with Crippen LogP contribution in [0.25, 0.3) is 0 Å². The van der Waals surface area contributed by atoms with E-state index in [4.69, 9.17) is 23.8 Å². The van der Waals surface area contributed by atoms with Gasteiger partial charge in [0.25, 0.3) is 5.91 Å². The lowest BCUT2D eigenvalue weighted by molar-refractivity contribution is -0.118. The summed E-state index contributed by atoms with van der Waals surface area (Å²) in [6.07, 6.45) is 7.30. The minimum absolute atomic E-state index is 0.0273. The Morgan fingerprint density at radius 1 is 1.00 bits per heavy atom. The fourth-order valence-corrected chi connectivity index (χ4v) is 4.74. The SMILES string of the molecule is O=C(c1ccc(N2C(=O)C3C=CC=CC3=NC2=S)cc1)N1CCN(c2cccc(Cl)c2)CC1. The minimum atomic E-state index is -0.432. The number of allylic oxidation sites excluding steroid dienone is 3. The number of amides is 2. The Labute approximate surface area is 202 Å². The van der Waals surface area contributed by atoms with Gasteiger partial charge < -0.3 is 9.80 Å². The van der Waals surface area contributed by atoms with Gasteiger partial charge in [0.1, 0.15) is 0 Å². The highest BCUT2D eigenvalue weighted by Crippen LogP contribution is 2.26. The maximum atomic E-state index is 13.0. The molecule has 2 amide bonds. The first kappa shape index (κ1) is 21.6. The third-order valence-corrected chi connectivity index (χ3v) is 6.52. The molecular weight excluding hydrogens is 456 g/mol. The molecule has 166 valence electrons. The van der Waals surface area contributed by atoms with E-state index in [2.05, 4.69) is 9.89 Å². The number of halogens is 1. The average molecular weight is 477 g/mol. The topological polar surface area (TPSA) is 56.2 Å². The van der Waals surface area contributed by atoms with E-state index >= 15 is 0 Å². The Kier molecular flexibility index (Phi) is 5.83. The lowest BCUT2D eigenvalue weighted by atomic mass is 9.95. The number of rotatable bonds is 3. The standard InChI is InChI=1S/C25H21ClN4O2S/c26-18-4-3-5-20(16-18)28-12-14-29(15-13-28)23(31)17-8-10-19(11-9-17)30-24(32)21-6-1-2-7-22(21)27-25(30)33/h1-11,16,21H,12-15H2. The van der Waals surface area contributed by atoms with Gasteiger partial charge in [0, 0.05) is 42.5 Å². The molecular formula is C25H21ClN4O2S. The van der Waals surface area contributed by atoms with Crippen molar-refractivity contribution in [2.24, 2.45) is 10.9 Å². The van der Waals surface area contributed by atoms with E-state index in [1.807, 2.05) is 47.4 Å². The Bertz CT molecular complexity index is 1210. The van der Waals surface area contributed by atoms with Crippen molar-refractivity contribution in [1.29, 1.82) is 0 Å². The van der Waals surface area contributed by atoms with Crippen molar-refractivity contribution in [3.63, 3.8) is 0 Å². The first-order chi connectivity index (χ1) is 16.0. The first-order valence-corrected chi connectivity index (χ1v) is 11.5. The van der Waals surface area contributed by atoms with Gasteiger partial charge >= 0.3 is 0 Å². The molecule has 0 radical (unpaired) electrons. The van der Waals surface area contributed by atoms with Crippen molar-refractivity contribution >= 4 is 57.8 Å². The van der Waals surface area contributed by atoms with Crippen LogP contribution in [-0.2, 0) is 4.79 Å². The molecule has 0 spiro atoms. The number of aliphatic imine (C=N–C) groups is 1. The second kappa shape index (κ2) is 8.92. The Hall–Kier alpha value is -3.29. The number of fused-ring (bicyclic) bond motifs is 1. The van der Waals surface area contributed by atoms with E-state index < -0.39 is 5.92 Å². The normalized spacial score (nSPS) is 20.1. The van der Waals surface area contributed by atoms with Crippen molar-refractivity contribution in [1.82, 2.24) is 4.90 Å². The summed E-state index contributed by atoms with van der Waals surface area (Å²) in [6, 6.07) is 14.7. The number of benzene rings is 2. The van der Waals surface area contributed by atoms with E-state index in [9.17, 15) is 9.59 Å². The highest BCUT2D eigenvalue weighted by Gasteiger charge is 2.34. The number of hydrogen-bond donors (Lipinski definition) is 0. The monoisotopic (exact) mass is 476 g/mol. The number of anilines is 2. The third-order valence-electron chi connectivity index (χ3n) is 6.02. The molecule has 1 atom stereocenters. The zero-order valence-corrected chi connectivity index (χ0v) is 19.3. The summed E-state index contributed by atoms with van der Waals surface area (Å²) in [5.74, 6) is -0.596. The van der Waals surface area contributed by atoms with Gasteiger partial charge in [0.2, 0.25) is 11.0 Å². The predicted octanol–water partition coefficient (Wildman–Crippen LogP) is 4.12.